The van der Waals surface area contributed by atoms with Gasteiger partial charge in [-0.1, -0.05) is 32.0 Å². The minimum atomic E-state index is -4.33. The van der Waals surface area contributed by atoms with Crippen molar-refractivity contribution in [2.75, 3.05) is 23.8 Å². The molecule has 1 aromatic carbocycles. The number of anilines is 2. The molecule has 0 radical (unpaired) electrons. The molecule has 3 aliphatic rings. The Morgan fingerprint density at radius 2 is 1.61 bits per heavy atom. The van der Waals surface area contributed by atoms with Crippen molar-refractivity contribution in [3.8, 4) is 0 Å². The van der Waals surface area contributed by atoms with E-state index in [2.05, 4.69) is 40.5 Å². The number of ether oxygens (including phenoxy) is 2. The maximum Gasteiger partial charge on any atom is 0.325 e. The number of carbonyl (C=O) groups is 2. The Morgan fingerprint density at radius 3 is 2.37 bits per heavy atom. The number of imidazole rings is 2. The molecule has 4 aromatic heterocycles. The molecule has 7 heterocycles. The smallest absolute Gasteiger partial charge is 0.325 e. The Labute approximate surface area is 330 Å². The van der Waals surface area contributed by atoms with Crippen LogP contribution in [-0.2, 0) is 56.0 Å². The quantitative estimate of drug-likeness (QED) is 0.154. The van der Waals surface area contributed by atoms with E-state index >= 15 is 4.39 Å². The molecular weight excluding hydrogens is 833 g/mol. The van der Waals surface area contributed by atoms with Crippen molar-refractivity contribution in [3.63, 3.8) is 0 Å². The van der Waals surface area contributed by atoms with Crippen molar-refractivity contribution in [1.29, 1.82) is 0 Å². The average molecular weight is 867 g/mol. The van der Waals surface area contributed by atoms with E-state index in [0.717, 1.165) is 6.33 Å². The third-order valence-corrected chi connectivity index (χ3v) is 12.3. The van der Waals surface area contributed by atoms with Gasteiger partial charge in [-0.05, 0) is 35.7 Å². The second-order valence-corrected chi connectivity index (χ2v) is 18.9. The molecule has 3 saturated heterocycles. The van der Waals surface area contributed by atoms with Gasteiger partial charge in [0.15, 0.2) is 40.5 Å². The molecule has 2 bridgehead atoms. The summed E-state index contributed by atoms with van der Waals surface area (Å²) in [5.41, 5.74) is -0.0545. The Morgan fingerprint density at radius 1 is 0.912 bits per heavy atom. The summed E-state index contributed by atoms with van der Waals surface area (Å²) in [6.45, 7) is -6.32. The lowest BCUT2D eigenvalue weighted by Crippen LogP contribution is -2.32. The maximum atomic E-state index is 16.2. The summed E-state index contributed by atoms with van der Waals surface area (Å²) < 4.78 is 54.1. The van der Waals surface area contributed by atoms with Crippen LogP contribution in [-0.4, -0.2) is 104 Å². The van der Waals surface area contributed by atoms with Crippen LogP contribution in [0.2, 0.25) is 0 Å². The highest BCUT2D eigenvalue weighted by atomic mass is 32.5. The van der Waals surface area contributed by atoms with Crippen LogP contribution in [0.5, 0.6) is 0 Å². The number of amides is 2. The highest BCUT2D eigenvalue weighted by molar-refractivity contribution is 8.07. The second-order valence-electron chi connectivity index (χ2n) is 13.4. The predicted octanol–water partition coefficient (Wildman–Crippen LogP) is 2.58. The molecule has 2 amide bonds. The maximum absolute atomic E-state index is 16.2. The highest BCUT2D eigenvalue weighted by Crippen LogP contribution is 2.54. The molecule has 0 aliphatic carbocycles. The van der Waals surface area contributed by atoms with Gasteiger partial charge in [0.25, 0.3) is 11.5 Å². The van der Waals surface area contributed by atoms with Gasteiger partial charge >= 0.3 is 13.4 Å². The van der Waals surface area contributed by atoms with Crippen LogP contribution in [0.4, 0.5) is 16.2 Å². The van der Waals surface area contributed by atoms with Gasteiger partial charge in [0.1, 0.15) is 30.9 Å². The fourth-order valence-corrected chi connectivity index (χ4v) is 9.25. The zero-order valence-corrected chi connectivity index (χ0v) is 33.1. The number of aromatic amines is 1. The molecule has 9 atom stereocenters. The predicted molar refractivity (Wildman–Crippen MR) is 203 cm³/mol. The molecular formula is C31H33FN10O11P2S2. The van der Waals surface area contributed by atoms with Crippen molar-refractivity contribution in [3.05, 3.63) is 65.2 Å². The van der Waals surface area contributed by atoms with E-state index in [1.807, 2.05) is 0 Å². The molecule has 5 aromatic rings. The number of benzene rings is 1. The monoisotopic (exact) mass is 866 g/mol. The molecule has 1 unspecified atom stereocenters. The van der Waals surface area contributed by atoms with E-state index in [0.29, 0.717) is 5.56 Å². The standard InChI is InChI=1S/C31H33FN10O11P2S2/c1-14(2)27(43)39-31-38-26-22(29(45)40-31)36-13-42(26)30-23-20(32)18(51-30)10-49-54(46,56)52-16-8-19(50-17(16)9-48-55(47,57)53-23)41-12-35-21-24(33-11-34-25(21)41)37-28(44)15-6-4-3-5-7-15/h3-7,11-14,16-20,23,30H,8-10H2,1-2H3,(H,46,56)(H,47,57)(H,33,34,37,44)(H2,38,39,40,43,45)/t16-,17+,18+,19+,20+,23+,30+,54+,55?/m0/s1. The van der Waals surface area contributed by atoms with Crippen LogP contribution >= 0.6 is 13.4 Å². The third-order valence-electron chi connectivity index (χ3n) is 9.18. The Kier molecular flexibility index (Phi) is 10.9. The van der Waals surface area contributed by atoms with Crippen molar-refractivity contribution >= 4 is 83.0 Å². The van der Waals surface area contributed by atoms with Crippen LogP contribution in [0, 0.1) is 5.92 Å². The topological polar surface area (TPSA) is 261 Å². The van der Waals surface area contributed by atoms with Crippen LogP contribution in [0.1, 0.15) is 43.1 Å². The van der Waals surface area contributed by atoms with Gasteiger partial charge in [-0.25, -0.2) is 24.3 Å². The van der Waals surface area contributed by atoms with Gasteiger partial charge in [0.05, 0.1) is 32.0 Å². The van der Waals surface area contributed by atoms with Crippen LogP contribution in [0.25, 0.3) is 22.3 Å². The molecule has 8 rings (SSSR count). The Hall–Kier alpha value is -4.03. The van der Waals surface area contributed by atoms with E-state index in [1.165, 1.54) is 17.2 Å². The first-order chi connectivity index (χ1) is 27.2. The van der Waals surface area contributed by atoms with Gasteiger partial charge < -0.3 is 38.1 Å². The number of hydrogen-bond acceptors (Lipinski definition) is 16. The number of halogens is 1. The number of hydrogen-bond donors (Lipinski definition) is 5. The van der Waals surface area contributed by atoms with Gasteiger partial charge in [-0.2, -0.15) is 4.98 Å². The first-order valence-corrected chi connectivity index (χ1v) is 22.4. The number of aromatic nitrogens is 8. The summed E-state index contributed by atoms with van der Waals surface area (Å²) in [7, 11) is 0. The van der Waals surface area contributed by atoms with Gasteiger partial charge in [0, 0.05) is 17.9 Å². The largest absolute Gasteiger partial charge is 0.349 e. The second kappa shape index (κ2) is 15.6. The zero-order chi connectivity index (χ0) is 40.2. The summed E-state index contributed by atoms with van der Waals surface area (Å²) in [5.74, 6) is -1.34. The summed E-state index contributed by atoms with van der Waals surface area (Å²) in [4.78, 5) is 84.3. The van der Waals surface area contributed by atoms with Crippen molar-refractivity contribution in [1.82, 2.24) is 39.0 Å². The lowest BCUT2D eigenvalue weighted by atomic mass is 10.1. The van der Waals surface area contributed by atoms with E-state index in [9.17, 15) is 24.2 Å². The Balaban J connectivity index is 1.04. The van der Waals surface area contributed by atoms with E-state index in [4.69, 9.17) is 51.2 Å². The fraction of sp³-hybridized carbons (Fsp3) is 0.419. The lowest BCUT2D eigenvalue weighted by Gasteiger charge is -2.27. The molecule has 302 valence electrons. The first-order valence-electron chi connectivity index (χ1n) is 17.2. The number of nitrogens with zero attached hydrogens (tertiary/aromatic N) is 7. The van der Waals surface area contributed by atoms with E-state index < -0.39 is 93.0 Å². The molecule has 3 fully saturated rings. The number of H-pyrrole nitrogens is 1. The van der Waals surface area contributed by atoms with Crippen LogP contribution in [0.15, 0.2) is 54.1 Å². The number of fused-ring (bicyclic) bond motifs is 5. The average Bonchev–Trinajstić information content (AvgIpc) is 3.95. The summed E-state index contributed by atoms with van der Waals surface area (Å²) >= 11 is 10.6. The number of rotatable bonds is 6. The molecule has 5 N–H and O–H groups in total. The van der Waals surface area contributed by atoms with Crippen LogP contribution in [0.3, 0.4) is 0 Å². The van der Waals surface area contributed by atoms with Crippen molar-refractivity contribution in [2.24, 2.45) is 5.92 Å². The molecule has 26 heteroatoms. The highest BCUT2D eigenvalue weighted by Gasteiger charge is 2.51. The summed E-state index contributed by atoms with van der Waals surface area (Å²) in [6.07, 6.45) is -5.80. The normalized spacial score (nSPS) is 30.7. The fourth-order valence-electron chi connectivity index (χ4n) is 6.37. The Bertz CT molecular complexity index is 2510. The summed E-state index contributed by atoms with van der Waals surface area (Å²) in [5, 5.41) is 5.23. The molecule has 57 heavy (non-hydrogen) atoms. The SMILES string of the molecule is CC(C)C(=O)Nc1nc2c(ncn2[C@@H]2O[C@@H]3CO[P@@](O)(=S)O[C@H]4C[C@H](n5cnc6c(NC(=O)c7ccccc7)ncnc65)O[C@@H]4COP(O)(=S)O[C@@H]2[C@@H]3F)c(=O)[nH]1. The molecule has 0 saturated carbocycles. The first kappa shape index (κ1) is 39.8. The van der Waals surface area contributed by atoms with Gasteiger partial charge in [0.2, 0.25) is 11.9 Å². The lowest BCUT2D eigenvalue weighted by molar-refractivity contribution is -0.118. The minimum absolute atomic E-state index is 0.0302. The zero-order valence-electron chi connectivity index (χ0n) is 29.6. The van der Waals surface area contributed by atoms with Crippen LogP contribution < -0.4 is 16.2 Å². The number of carbonyl (C=O) groups excluding carboxylic acids is 2. The molecule has 21 nitrogen and oxygen atoms in total. The molecule has 0 spiro atoms. The minimum Gasteiger partial charge on any atom is -0.349 e. The number of nitrogens with one attached hydrogen (secondary N) is 3. The third kappa shape index (κ3) is 8.18. The van der Waals surface area contributed by atoms with Crippen molar-refractivity contribution < 1.29 is 51.3 Å². The molecule has 3 aliphatic heterocycles. The van der Waals surface area contributed by atoms with E-state index in [-0.39, 0.29) is 40.5 Å². The van der Waals surface area contributed by atoms with Gasteiger partial charge in [-0.3, -0.25) is 38.3 Å². The van der Waals surface area contributed by atoms with E-state index in [1.54, 1.807) is 48.7 Å². The van der Waals surface area contributed by atoms with Crippen molar-refractivity contribution in [2.45, 2.75) is 63.3 Å². The van der Waals surface area contributed by atoms with Gasteiger partial charge in [-0.15, -0.1) is 0 Å². The number of alkyl halides is 1. The summed E-state index contributed by atoms with van der Waals surface area (Å²) in [6, 6.07) is 8.53.